The monoisotopic (exact) mass is 291 g/mol. The van der Waals surface area contributed by atoms with Crippen LogP contribution in [0.25, 0.3) is 0 Å². The summed E-state index contributed by atoms with van der Waals surface area (Å²) in [6.07, 6.45) is 6.28. The summed E-state index contributed by atoms with van der Waals surface area (Å²) in [6, 6.07) is 6.77. The average molecular weight is 291 g/mol. The molecule has 116 valence electrons. The first kappa shape index (κ1) is 14.7. The van der Waals surface area contributed by atoms with Crippen molar-refractivity contribution < 1.29 is 14.2 Å². The molecule has 1 N–H and O–H groups in total. The lowest BCUT2D eigenvalue weighted by atomic mass is 10.1. The van der Waals surface area contributed by atoms with E-state index in [1.54, 1.807) is 7.11 Å². The SMILES string of the molecule is COc1cccc(CNC2CC2)c1OCC1CCCCO1. The smallest absolute Gasteiger partial charge is 0.165 e. The topological polar surface area (TPSA) is 39.7 Å². The van der Waals surface area contributed by atoms with Crippen molar-refractivity contribution in [1.82, 2.24) is 5.32 Å². The number of methoxy groups -OCH3 is 1. The third-order valence-electron chi connectivity index (χ3n) is 4.13. The van der Waals surface area contributed by atoms with Crippen LogP contribution in [-0.4, -0.2) is 32.5 Å². The van der Waals surface area contributed by atoms with Crippen LogP contribution in [0.5, 0.6) is 11.5 Å². The van der Waals surface area contributed by atoms with Crippen molar-refractivity contribution in [1.29, 1.82) is 0 Å². The summed E-state index contributed by atoms with van der Waals surface area (Å²) in [6.45, 7) is 2.30. The molecule has 1 unspecified atom stereocenters. The van der Waals surface area contributed by atoms with Crippen molar-refractivity contribution in [3.8, 4) is 11.5 Å². The Balaban J connectivity index is 1.64. The van der Waals surface area contributed by atoms with Crippen molar-refractivity contribution in [3.63, 3.8) is 0 Å². The molecule has 21 heavy (non-hydrogen) atoms. The third-order valence-corrected chi connectivity index (χ3v) is 4.13. The van der Waals surface area contributed by atoms with Gasteiger partial charge >= 0.3 is 0 Å². The molecule has 1 saturated heterocycles. The van der Waals surface area contributed by atoms with Gasteiger partial charge in [-0.3, -0.25) is 0 Å². The molecule has 0 radical (unpaired) electrons. The Morgan fingerprint density at radius 2 is 2.14 bits per heavy atom. The molecule has 0 aromatic heterocycles. The Morgan fingerprint density at radius 3 is 2.86 bits per heavy atom. The van der Waals surface area contributed by atoms with Crippen LogP contribution < -0.4 is 14.8 Å². The minimum absolute atomic E-state index is 0.216. The molecule has 1 aromatic rings. The molecule has 1 heterocycles. The van der Waals surface area contributed by atoms with Gasteiger partial charge in [0.2, 0.25) is 0 Å². The molecule has 2 fully saturated rings. The first-order valence-electron chi connectivity index (χ1n) is 8.00. The van der Waals surface area contributed by atoms with Gasteiger partial charge < -0.3 is 19.5 Å². The zero-order chi connectivity index (χ0) is 14.5. The molecule has 4 nitrogen and oxygen atoms in total. The van der Waals surface area contributed by atoms with Gasteiger partial charge in [-0.2, -0.15) is 0 Å². The number of hydrogen-bond acceptors (Lipinski definition) is 4. The van der Waals surface area contributed by atoms with E-state index in [-0.39, 0.29) is 6.10 Å². The maximum absolute atomic E-state index is 6.06. The van der Waals surface area contributed by atoms with Gasteiger partial charge in [0.15, 0.2) is 11.5 Å². The molecular weight excluding hydrogens is 266 g/mol. The molecule has 0 amide bonds. The second-order valence-corrected chi connectivity index (χ2v) is 5.90. The van der Waals surface area contributed by atoms with Crippen LogP contribution in [0.3, 0.4) is 0 Å². The van der Waals surface area contributed by atoms with Gasteiger partial charge in [0.25, 0.3) is 0 Å². The van der Waals surface area contributed by atoms with E-state index in [0.29, 0.717) is 12.6 Å². The number of hydrogen-bond donors (Lipinski definition) is 1. The lowest BCUT2D eigenvalue weighted by molar-refractivity contribution is -0.0116. The first-order chi connectivity index (χ1) is 10.4. The Bertz CT molecular complexity index is 453. The van der Waals surface area contributed by atoms with Crippen LogP contribution in [0.2, 0.25) is 0 Å². The lowest BCUT2D eigenvalue weighted by Gasteiger charge is -2.24. The molecule has 4 heteroatoms. The number of nitrogens with one attached hydrogen (secondary N) is 1. The predicted octanol–water partition coefficient (Wildman–Crippen LogP) is 2.90. The van der Waals surface area contributed by atoms with E-state index >= 15 is 0 Å². The Morgan fingerprint density at radius 1 is 1.24 bits per heavy atom. The zero-order valence-electron chi connectivity index (χ0n) is 12.8. The molecule has 0 spiro atoms. The maximum atomic E-state index is 6.06. The molecule has 3 rings (SSSR count). The normalized spacial score (nSPS) is 22.0. The number of benzene rings is 1. The molecular formula is C17H25NO3. The van der Waals surface area contributed by atoms with Gasteiger partial charge in [-0.25, -0.2) is 0 Å². The highest BCUT2D eigenvalue weighted by Crippen LogP contribution is 2.32. The van der Waals surface area contributed by atoms with Crippen LogP contribution >= 0.6 is 0 Å². The van der Waals surface area contributed by atoms with Gasteiger partial charge in [-0.15, -0.1) is 0 Å². The van der Waals surface area contributed by atoms with Crippen molar-refractivity contribution in [2.24, 2.45) is 0 Å². The summed E-state index contributed by atoms with van der Waals surface area (Å²) >= 11 is 0. The highest BCUT2D eigenvalue weighted by molar-refractivity contribution is 5.46. The summed E-state index contributed by atoms with van der Waals surface area (Å²) in [7, 11) is 1.69. The first-order valence-corrected chi connectivity index (χ1v) is 8.00. The lowest BCUT2D eigenvalue weighted by Crippen LogP contribution is -2.26. The van der Waals surface area contributed by atoms with E-state index in [2.05, 4.69) is 11.4 Å². The Kier molecular flexibility index (Phi) is 4.99. The molecule has 0 bridgehead atoms. The van der Waals surface area contributed by atoms with Crippen LogP contribution in [0.4, 0.5) is 0 Å². The van der Waals surface area contributed by atoms with Gasteiger partial charge in [-0.05, 0) is 38.2 Å². The quantitative estimate of drug-likeness (QED) is 0.838. The van der Waals surface area contributed by atoms with Crippen LogP contribution in [0, 0.1) is 0 Å². The van der Waals surface area contributed by atoms with E-state index < -0.39 is 0 Å². The minimum atomic E-state index is 0.216. The van der Waals surface area contributed by atoms with E-state index in [4.69, 9.17) is 14.2 Å². The van der Waals surface area contributed by atoms with E-state index in [9.17, 15) is 0 Å². The number of rotatable bonds is 7. The molecule has 1 saturated carbocycles. The zero-order valence-corrected chi connectivity index (χ0v) is 12.8. The predicted molar refractivity (Wildman–Crippen MR) is 81.9 cm³/mol. The van der Waals surface area contributed by atoms with Gasteiger partial charge in [0.1, 0.15) is 6.61 Å². The summed E-state index contributed by atoms with van der Waals surface area (Å²) in [5.41, 5.74) is 1.16. The standard InChI is InChI=1S/C17H25NO3/c1-19-16-7-4-5-13(11-18-14-8-9-14)17(16)21-12-15-6-2-3-10-20-15/h4-5,7,14-15,18H,2-3,6,8-12H2,1H3. The molecule has 1 aliphatic heterocycles. The average Bonchev–Trinajstić information content (AvgIpc) is 3.36. The molecule has 1 atom stereocenters. The van der Waals surface area contributed by atoms with Crippen LogP contribution in [-0.2, 0) is 11.3 Å². The fraction of sp³-hybridized carbons (Fsp3) is 0.647. The largest absolute Gasteiger partial charge is 0.493 e. The second-order valence-electron chi connectivity index (χ2n) is 5.90. The second kappa shape index (κ2) is 7.14. The summed E-state index contributed by atoms with van der Waals surface area (Å²) < 4.78 is 17.3. The Labute approximate surface area is 126 Å². The van der Waals surface area contributed by atoms with Gasteiger partial charge in [-0.1, -0.05) is 12.1 Å². The highest BCUT2D eigenvalue weighted by Gasteiger charge is 2.22. The Hall–Kier alpha value is -1.26. The molecule has 1 aromatic carbocycles. The highest BCUT2D eigenvalue weighted by atomic mass is 16.5. The molecule has 2 aliphatic rings. The summed E-state index contributed by atoms with van der Waals surface area (Å²) in [5.74, 6) is 1.67. The number of para-hydroxylation sites is 1. The molecule has 1 aliphatic carbocycles. The van der Waals surface area contributed by atoms with Crippen LogP contribution in [0.15, 0.2) is 18.2 Å². The van der Waals surface area contributed by atoms with Crippen molar-refractivity contribution in [3.05, 3.63) is 23.8 Å². The maximum Gasteiger partial charge on any atom is 0.165 e. The summed E-state index contributed by atoms with van der Waals surface area (Å²) in [4.78, 5) is 0. The van der Waals surface area contributed by atoms with Gasteiger partial charge in [0.05, 0.1) is 13.2 Å². The van der Waals surface area contributed by atoms with Crippen molar-refractivity contribution >= 4 is 0 Å². The van der Waals surface area contributed by atoms with Crippen LogP contribution in [0.1, 0.15) is 37.7 Å². The third kappa shape index (κ3) is 4.11. The fourth-order valence-corrected chi connectivity index (χ4v) is 2.68. The van der Waals surface area contributed by atoms with E-state index in [1.165, 1.54) is 25.7 Å². The minimum Gasteiger partial charge on any atom is -0.493 e. The van der Waals surface area contributed by atoms with Crippen molar-refractivity contribution in [2.45, 2.75) is 50.8 Å². The number of ether oxygens (including phenoxy) is 3. The van der Waals surface area contributed by atoms with Crippen molar-refractivity contribution in [2.75, 3.05) is 20.3 Å². The summed E-state index contributed by atoms with van der Waals surface area (Å²) in [5, 5.41) is 3.54. The van der Waals surface area contributed by atoms with E-state index in [0.717, 1.165) is 36.6 Å². The van der Waals surface area contributed by atoms with Gasteiger partial charge in [0, 0.05) is 24.8 Å². The fourth-order valence-electron chi connectivity index (χ4n) is 2.68. The van der Waals surface area contributed by atoms with E-state index in [1.807, 2.05) is 12.1 Å².